The van der Waals surface area contributed by atoms with Crippen LogP contribution in [0.2, 0.25) is 18.1 Å². The van der Waals surface area contributed by atoms with Gasteiger partial charge in [-0.3, -0.25) is 4.79 Å². The first-order chi connectivity index (χ1) is 18.6. The normalized spacial score (nSPS) is 20.7. The summed E-state index contributed by atoms with van der Waals surface area (Å²) in [5, 5.41) is 15.6. The first-order valence-electron chi connectivity index (χ1n) is 13.6. The van der Waals surface area contributed by atoms with Crippen LogP contribution < -0.4 is 0 Å². The van der Waals surface area contributed by atoms with E-state index < -0.39 is 30.9 Å². The monoisotopic (exact) mass is 555 g/mol. The number of likely N-dealkylation sites (tertiary alicyclic amines) is 1. The van der Waals surface area contributed by atoms with Crippen molar-refractivity contribution in [2.75, 3.05) is 0 Å². The summed E-state index contributed by atoms with van der Waals surface area (Å²) in [6, 6.07) is 31.2. The molecule has 5 nitrogen and oxygen atoms in total. The molecule has 2 heterocycles. The maximum absolute atomic E-state index is 14.7. The number of carbonyl (C=O) groups is 1. The predicted octanol–water partition coefficient (Wildman–Crippen LogP) is 6.15. The summed E-state index contributed by atoms with van der Waals surface area (Å²) in [4.78, 5) is 17.5. The summed E-state index contributed by atoms with van der Waals surface area (Å²) in [6.07, 6.45) is -1.00. The van der Waals surface area contributed by atoms with Crippen molar-refractivity contribution in [3.05, 3.63) is 118 Å². The van der Waals surface area contributed by atoms with Crippen LogP contribution in [0.25, 0.3) is 0 Å². The minimum atomic E-state index is -1.92. The first kappa shape index (κ1) is 27.4. The van der Waals surface area contributed by atoms with E-state index in [-0.39, 0.29) is 11.9 Å². The van der Waals surface area contributed by atoms with Crippen LogP contribution in [0.4, 0.5) is 0 Å². The Balaban J connectivity index is 1.95. The van der Waals surface area contributed by atoms with E-state index >= 15 is 0 Å². The quantitative estimate of drug-likeness (QED) is 0.169. The number of carbonyl (C=O) groups excluding carboxylic acids is 1. The molecule has 39 heavy (non-hydrogen) atoms. The Labute approximate surface area is 237 Å². The molecule has 1 saturated heterocycles. The molecular weight excluding hydrogens is 519 g/mol. The van der Waals surface area contributed by atoms with Crippen LogP contribution in [0.15, 0.2) is 91.0 Å². The third kappa shape index (κ3) is 4.01. The lowest BCUT2D eigenvalue weighted by Gasteiger charge is -2.69. The van der Waals surface area contributed by atoms with Crippen molar-refractivity contribution in [3.8, 4) is 0 Å². The minimum absolute atomic E-state index is 0.0223. The number of nitrogens with zero attached hydrogens (tertiary/aromatic N) is 3. The third-order valence-electron chi connectivity index (χ3n) is 8.46. The maximum Gasteiger partial charge on any atom is 0.231 e. The van der Waals surface area contributed by atoms with Gasteiger partial charge in [-0.05, 0) is 55.9 Å². The Morgan fingerprint density at radius 2 is 1.31 bits per heavy atom. The van der Waals surface area contributed by atoms with Crippen molar-refractivity contribution >= 4 is 26.2 Å². The predicted molar refractivity (Wildman–Crippen MR) is 161 cm³/mol. The van der Waals surface area contributed by atoms with Gasteiger partial charge in [-0.1, -0.05) is 109 Å². The van der Waals surface area contributed by atoms with E-state index in [1.807, 2.05) is 25.1 Å². The van der Waals surface area contributed by atoms with E-state index in [1.165, 1.54) is 11.5 Å². The fourth-order valence-electron chi connectivity index (χ4n) is 6.76. The van der Waals surface area contributed by atoms with Gasteiger partial charge < -0.3 is 10.0 Å². The number of rotatable bonds is 7. The van der Waals surface area contributed by atoms with Gasteiger partial charge in [0.05, 0.1) is 35.9 Å². The van der Waals surface area contributed by atoms with Crippen LogP contribution in [0.3, 0.4) is 0 Å². The minimum Gasteiger partial charge on any atom is -0.387 e. The lowest BCUT2D eigenvalue weighted by molar-refractivity contribution is -0.177. The van der Waals surface area contributed by atoms with E-state index in [9.17, 15) is 9.90 Å². The standard InChI is InChI=1S/C32H37N3O2SSi/c1-22-26(38-34-33-22)27(36)32(39(5)6)28(35(29(32)37)30(2,3)4)31(23-16-10-7-11-17-23,24-18-12-8-13-19-24)25-20-14-9-15-21-25/h7-21,27-28,36,39H,1-6H3. The molecule has 3 aromatic carbocycles. The molecule has 0 aliphatic carbocycles. The Bertz CT molecular complexity index is 1340. The Kier molecular flexibility index (Phi) is 7.12. The number of amides is 1. The number of aliphatic hydroxyl groups is 1. The van der Waals surface area contributed by atoms with E-state index in [2.05, 4.69) is 121 Å². The van der Waals surface area contributed by atoms with Crippen LogP contribution in [0.1, 0.15) is 54.1 Å². The molecule has 1 N–H and O–H groups in total. The summed E-state index contributed by atoms with van der Waals surface area (Å²) >= 11 is 1.20. The smallest absolute Gasteiger partial charge is 0.231 e. The second-order valence-corrected chi connectivity index (χ2v) is 15.9. The lowest BCUT2D eigenvalue weighted by Crippen LogP contribution is -2.80. The van der Waals surface area contributed by atoms with Gasteiger partial charge in [0, 0.05) is 5.54 Å². The molecule has 0 saturated carbocycles. The van der Waals surface area contributed by atoms with E-state index in [4.69, 9.17) is 0 Å². The van der Waals surface area contributed by atoms with E-state index in [1.54, 1.807) is 0 Å². The Hall–Kier alpha value is -3.13. The molecule has 1 aromatic heterocycles. The molecule has 1 fully saturated rings. The van der Waals surface area contributed by atoms with Crippen LogP contribution in [-0.2, 0) is 10.2 Å². The first-order valence-corrected chi connectivity index (χ1v) is 17.2. The molecule has 1 aliphatic heterocycles. The molecule has 0 bridgehead atoms. The largest absolute Gasteiger partial charge is 0.387 e. The number of hydrogen-bond donors (Lipinski definition) is 1. The fraction of sp³-hybridized carbons (Fsp3) is 0.344. The van der Waals surface area contributed by atoms with Crippen molar-refractivity contribution in [3.63, 3.8) is 0 Å². The van der Waals surface area contributed by atoms with Gasteiger partial charge in [0.15, 0.2) is 0 Å². The SMILES string of the molecule is Cc1nnsc1C(O)C1([SiH](C)C)C(=O)N(C(C)(C)C)C1C(c1ccccc1)(c1ccccc1)c1ccccc1. The van der Waals surface area contributed by atoms with Crippen LogP contribution >= 0.6 is 11.5 Å². The molecule has 1 aliphatic rings. The van der Waals surface area contributed by atoms with Crippen molar-refractivity contribution < 1.29 is 9.90 Å². The third-order valence-corrected chi connectivity index (χ3v) is 12.1. The van der Waals surface area contributed by atoms with Gasteiger partial charge in [-0.2, -0.15) is 0 Å². The zero-order valence-electron chi connectivity index (χ0n) is 23.5. The summed E-state index contributed by atoms with van der Waals surface area (Å²) in [5.41, 5.74) is 2.76. The number of benzene rings is 3. The van der Waals surface area contributed by atoms with Crippen molar-refractivity contribution in [2.45, 2.75) is 68.9 Å². The van der Waals surface area contributed by atoms with E-state index in [0.29, 0.717) is 10.6 Å². The topological polar surface area (TPSA) is 66.3 Å². The highest BCUT2D eigenvalue weighted by Crippen LogP contribution is 2.67. The summed E-state index contributed by atoms with van der Waals surface area (Å²) in [5.74, 6) is 0.0223. The zero-order chi connectivity index (χ0) is 28.0. The summed E-state index contributed by atoms with van der Waals surface area (Å²) in [7, 11) is -1.92. The second-order valence-electron chi connectivity index (χ2n) is 11.9. The summed E-state index contributed by atoms with van der Waals surface area (Å²) in [6.45, 7) is 12.6. The number of β-lactam (4-membered cyclic amide) rings is 1. The molecule has 7 heteroatoms. The molecular formula is C32H37N3O2SSi. The van der Waals surface area contributed by atoms with Crippen LogP contribution in [0, 0.1) is 6.92 Å². The second kappa shape index (κ2) is 10.1. The van der Waals surface area contributed by atoms with E-state index in [0.717, 1.165) is 16.7 Å². The number of aromatic nitrogens is 2. The molecule has 5 rings (SSSR count). The maximum atomic E-state index is 14.7. The average molecular weight is 556 g/mol. The van der Waals surface area contributed by atoms with Gasteiger partial charge >= 0.3 is 0 Å². The molecule has 3 unspecified atom stereocenters. The van der Waals surface area contributed by atoms with Gasteiger partial charge in [0.2, 0.25) is 5.91 Å². The molecule has 202 valence electrons. The molecule has 1 amide bonds. The molecule has 3 atom stereocenters. The van der Waals surface area contributed by atoms with Crippen LogP contribution in [0.5, 0.6) is 0 Å². The fourth-order valence-corrected chi connectivity index (χ4v) is 10.1. The van der Waals surface area contributed by atoms with Crippen molar-refractivity contribution in [1.29, 1.82) is 0 Å². The van der Waals surface area contributed by atoms with Crippen molar-refractivity contribution in [1.82, 2.24) is 14.5 Å². The highest BCUT2D eigenvalue weighted by atomic mass is 32.1. The average Bonchev–Trinajstić information content (AvgIpc) is 3.35. The molecule has 0 spiro atoms. The van der Waals surface area contributed by atoms with Crippen molar-refractivity contribution in [2.24, 2.45) is 0 Å². The van der Waals surface area contributed by atoms with Gasteiger partial charge in [-0.15, -0.1) is 5.10 Å². The number of aryl methyl sites for hydroxylation is 1. The lowest BCUT2D eigenvalue weighted by atomic mass is 9.55. The highest BCUT2D eigenvalue weighted by Gasteiger charge is 2.74. The highest BCUT2D eigenvalue weighted by molar-refractivity contribution is 7.05. The zero-order valence-corrected chi connectivity index (χ0v) is 25.5. The van der Waals surface area contributed by atoms with Gasteiger partial charge in [0.25, 0.3) is 0 Å². The Morgan fingerprint density at radius 3 is 1.64 bits per heavy atom. The number of hydrogen-bond acceptors (Lipinski definition) is 5. The van der Waals surface area contributed by atoms with Crippen LogP contribution in [-0.4, -0.2) is 45.9 Å². The molecule has 4 aromatic rings. The molecule has 0 radical (unpaired) electrons. The van der Waals surface area contributed by atoms with Gasteiger partial charge in [0.1, 0.15) is 6.10 Å². The summed E-state index contributed by atoms with van der Waals surface area (Å²) < 4.78 is 4.15. The van der Waals surface area contributed by atoms with Gasteiger partial charge in [-0.25, -0.2) is 0 Å². The number of aliphatic hydroxyl groups excluding tert-OH is 1. The Morgan fingerprint density at radius 1 is 0.872 bits per heavy atom.